The molecule has 2 aliphatic rings. The van der Waals surface area contributed by atoms with Crippen molar-refractivity contribution in [1.82, 2.24) is 10.2 Å². The average molecular weight is 296 g/mol. The number of hydrogen-bond acceptors (Lipinski definition) is 3. The SMILES string of the molecule is COCCC(C)(C)CN1C(=O)C2(CCCC2)NC(=O)C1C. The number of carbonyl (C=O) groups is 2. The van der Waals surface area contributed by atoms with Gasteiger partial charge in [0, 0.05) is 20.3 Å². The monoisotopic (exact) mass is 296 g/mol. The zero-order valence-electron chi connectivity index (χ0n) is 13.7. The predicted octanol–water partition coefficient (Wildman–Crippen LogP) is 1.71. The van der Waals surface area contributed by atoms with Crippen molar-refractivity contribution in [2.24, 2.45) is 5.41 Å². The molecule has 5 heteroatoms. The van der Waals surface area contributed by atoms with Crippen molar-refractivity contribution in [3.05, 3.63) is 0 Å². The Bertz CT molecular complexity index is 414. The molecule has 1 atom stereocenters. The van der Waals surface area contributed by atoms with Gasteiger partial charge in [-0.15, -0.1) is 0 Å². The summed E-state index contributed by atoms with van der Waals surface area (Å²) in [5, 5.41) is 3.00. The first-order valence-corrected chi connectivity index (χ1v) is 7.93. The van der Waals surface area contributed by atoms with Crippen molar-refractivity contribution in [2.45, 2.75) is 64.5 Å². The molecule has 1 unspecified atom stereocenters. The van der Waals surface area contributed by atoms with Crippen LogP contribution in [0.4, 0.5) is 0 Å². The lowest BCUT2D eigenvalue weighted by molar-refractivity contribution is -0.155. The fraction of sp³-hybridized carbons (Fsp3) is 0.875. The van der Waals surface area contributed by atoms with Crippen LogP contribution >= 0.6 is 0 Å². The molecule has 2 rings (SSSR count). The van der Waals surface area contributed by atoms with Gasteiger partial charge in [-0.3, -0.25) is 9.59 Å². The summed E-state index contributed by atoms with van der Waals surface area (Å²) in [6.45, 7) is 7.34. The van der Waals surface area contributed by atoms with Crippen LogP contribution in [0.3, 0.4) is 0 Å². The molecule has 120 valence electrons. The fourth-order valence-electron chi connectivity index (χ4n) is 3.43. The maximum Gasteiger partial charge on any atom is 0.249 e. The number of amides is 2. The largest absolute Gasteiger partial charge is 0.385 e. The van der Waals surface area contributed by atoms with Crippen molar-refractivity contribution in [3.63, 3.8) is 0 Å². The molecule has 0 aromatic heterocycles. The number of piperazine rings is 1. The molecule has 1 aliphatic carbocycles. The van der Waals surface area contributed by atoms with Gasteiger partial charge in [-0.25, -0.2) is 0 Å². The third-order valence-corrected chi connectivity index (χ3v) is 4.92. The summed E-state index contributed by atoms with van der Waals surface area (Å²) in [6.07, 6.45) is 4.45. The van der Waals surface area contributed by atoms with Crippen molar-refractivity contribution in [3.8, 4) is 0 Å². The molecule has 21 heavy (non-hydrogen) atoms. The molecule has 1 saturated carbocycles. The Labute approximate surface area is 127 Å². The van der Waals surface area contributed by atoms with Gasteiger partial charge in [0.1, 0.15) is 11.6 Å². The number of hydrogen-bond donors (Lipinski definition) is 1. The van der Waals surface area contributed by atoms with Crippen molar-refractivity contribution in [1.29, 1.82) is 0 Å². The second-order valence-electron chi connectivity index (χ2n) is 7.29. The predicted molar refractivity (Wildman–Crippen MR) is 80.8 cm³/mol. The highest BCUT2D eigenvalue weighted by Crippen LogP contribution is 2.36. The Morgan fingerprint density at radius 3 is 2.52 bits per heavy atom. The molecule has 0 aromatic rings. The fourth-order valence-corrected chi connectivity index (χ4v) is 3.43. The zero-order valence-corrected chi connectivity index (χ0v) is 13.7. The number of nitrogens with zero attached hydrogens (tertiary/aromatic N) is 1. The van der Waals surface area contributed by atoms with Gasteiger partial charge in [-0.2, -0.15) is 0 Å². The quantitative estimate of drug-likeness (QED) is 0.840. The van der Waals surface area contributed by atoms with Crippen LogP contribution < -0.4 is 5.32 Å². The van der Waals surface area contributed by atoms with Crippen LogP contribution in [-0.2, 0) is 14.3 Å². The second kappa shape index (κ2) is 5.95. The minimum atomic E-state index is -0.624. The third kappa shape index (κ3) is 3.23. The number of methoxy groups -OCH3 is 1. The van der Waals surface area contributed by atoms with Crippen LogP contribution in [0.5, 0.6) is 0 Å². The Kier molecular flexibility index (Phi) is 4.61. The Balaban J connectivity index is 2.15. The highest BCUT2D eigenvalue weighted by molar-refractivity contribution is 5.99. The molecule has 0 bridgehead atoms. The van der Waals surface area contributed by atoms with Gasteiger partial charge in [0.2, 0.25) is 11.8 Å². The maximum absolute atomic E-state index is 12.9. The van der Waals surface area contributed by atoms with Gasteiger partial charge in [-0.1, -0.05) is 26.7 Å². The molecule has 1 spiro atoms. The number of ether oxygens (including phenoxy) is 1. The lowest BCUT2D eigenvalue weighted by atomic mass is 9.85. The highest BCUT2D eigenvalue weighted by Gasteiger charge is 2.51. The molecule has 1 N–H and O–H groups in total. The van der Waals surface area contributed by atoms with E-state index in [2.05, 4.69) is 19.2 Å². The van der Waals surface area contributed by atoms with E-state index in [-0.39, 0.29) is 23.3 Å². The van der Waals surface area contributed by atoms with Crippen LogP contribution in [0.15, 0.2) is 0 Å². The van der Waals surface area contributed by atoms with Gasteiger partial charge in [0.25, 0.3) is 0 Å². The first kappa shape index (κ1) is 16.3. The van der Waals surface area contributed by atoms with E-state index < -0.39 is 5.54 Å². The smallest absolute Gasteiger partial charge is 0.249 e. The summed E-state index contributed by atoms with van der Waals surface area (Å²) in [4.78, 5) is 27.0. The van der Waals surface area contributed by atoms with Crippen LogP contribution in [0, 0.1) is 5.41 Å². The van der Waals surface area contributed by atoms with E-state index in [1.165, 1.54) is 0 Å². The van der Waals surface area contributed by atoms with Gasteiger partial charge in [0.05, 0.1) is 0 Å². The van der Waals surface area contributed by atoms with E-state index in [1.54, 1.807) is 12.0 Å². The molecule has 1 aliphatic heterocycles. The van der Waals surface area contributed by atoms with Crippen molar-refractivity contribution >= 4 is 11.8 Å². The van der Waals surface area contributed by atoms with E-state index in [9.17, 15) is 9.59 Å². The summed E-state index contributed by atoms with van der Waals surface area (Å²) in [5.74, 6) is 0.0941. The first-order chi connectivity index (χ1) is 9.81. The average Bonchev–Trinajstić information content (AvgIpc) is 2.89. The van der Waals surface area contributed by atoms with Crippen molar-refractivity contribution < 1.29 is 14.3 Å². The summed E-state index contributed by atoms with van der Waals surface area (Å²) in [5.41, 5.74) is -0.682. The first-order valence-electron chi connectivity index (χ1n) is 7.93. The zero-order chi connectivity index (χ0) is 15.7. The van der Waals surface area contributed by atoms with Gasteiger partial charge >= 0.3 is 0 Å². The lowest BCUT2D eigenvalue weighted by Crippen LogP contribution is -2.69. The molecule has 1 heterocycles. The molecule has 0 aromatic carbocycles. The summed E-state index contributed by atoms with van der Waals surface area (Å²) < 4.78 is 5.15. The molecule has 2 fully saturated rings. The maximum atomic E-state index is 12.9. The molecule has 5 nitrogen and oxygen atoms in total. The molecule has 2 amide bonds. The van der Waals surface area contributed by atoms with E-state index in [0.29, 0.717) is 13.2 Å². The lowest BCUT2D eigenvalue weighted by Gasteiger charge is -2.46. The van der Waals surface area contributed by atoms with Crippen LogP contribution in [0.2, 0.25) is 0 Å². The molecular formula is C16H28N2O3. The number of rotatable bonds is 5. The van der Waals surface area contributed by atoms with Crippen LogP contribution in [0.25, 0.3) is 0 Å². The highest BCUT2D eigenvalue weighted by atomic mass is 16.5. The van der Waals surface area contributed by atoms with E-state index in [4.69, 9.17) is 4.74 Å². The summed E-state index contributed by atoms with van der Waals surface area (Å²) >= 11 is 0. The van der Waals surface area contributed by atoms with E-state index >= 15 is 0 Å². The molecule has 1 saturated heterocycles. The topological polar surface area (TPSA) is 58.6 Å². The van der Waals surface area contributed by atoms with Gasteiger partial charge in [0.15, 0.2) is 0 Å². The van der Waals surface area contributed by atoms with Crippen LogP contribution in [-0.4, -0.2) is 48.6 Å². The molecular weight excluding hydrogens is 268 g/mol. The summed E-state index contributed by atoms with van der Waals surface area (Å²) in [7, 11) is 1.69. The standard InChI is InChI=1S/C16H28N2O3/c1-12-13(19)17-16(7-5-6-8-16)14(20)18(12)11-15(2,3)9-10-21-4/h12H,5-11H2,1-4H3,(H,17,19). The molecule has 0 radical (unpaired) electrons. The minimum absolute atomic E-state index is 0.0148. The van der Waals surface area contributed by atoms with Crippen LogP contribution in [0.1, 0.15) is 52.9 Å². The second-order valence-corrected chi connectivity index (χ2v) is 7.29. The Morgan fingerprint density at radius 2 is 1.95 bits per heavy atom. The Morgan fingerprint density at radius 1 is 1.33 bits per heavy atom. The van der Waals surface area contributed by atoms with E-state index in [1.807, 2.05) is 6.92 Å². The Hall–Kier alpha value is -1.10. The van der Waals surface area contributed by atoms with E-state index in [0.717, 1.165) is 32.1 Å². The number of nitrogens with one attached hydrogen (secondary N) is 1. The summed E-state index contributed by atoms with van der Waals surface area (Å²) in [6, 6.07) is -0.384. The number of carbonyl (C=O) groups excluding carboxylic acids is 2. The normalized spacial score (nSPS) is 25.5. The van der Waals surface area contributed by atoms with Crippen molar-refractivity contribution in [2.75, 3.05) is 20.3 Å². The van der Waals surface area contributed by atoms with Gasteiger partial charge < -0.3 is 15.0 Å². The third-order valence-electron chi connectivity index (χ3n) is 4.92. The van der Waals surface area contributed by atoms with Gasteiger partial charge in [-0.05, 0) is 31.6 Å². The minimum Gasteiger partial charge on any atom is -0.385 e.